The van der Waals surface area contributed by atoms with Gasteiger partial charge in [0.05, 0.1) is 10.5 Å². The van der Waals surface area contributed by atoms with Crippen molar-refractivity contribution < 1.29 is 9.72 Å². The van der Waals surface area contributed by atoms with E-state index in [1.807, 2.05) is 31.2 Å². The summed E-state index contributed by atoms with van der Waals surface area (Å²) in [6.07, 6.45) is 0. The SMILES string of the molecule is Cc1ccccc1CNC(=O)c1cc([N+](=O)[O-])ccc1Br. The Morgan fingerprint density at radius 2 is 2.00 bits per heavy atom. The number of benzene rings is 2. The molecular formula is C15H13BrN2O3. The van der Waals surface area contributed by atoms with Gasteiger partial charge < -0.3 is 5.32 Å². The van der Waals surface area contributed by atoms with E-state index in [9.17, 15) is 14.9 Å². The number of amides is 1. The zero-order chi connectivity index (χ0) is 15.4. The monoisotopic (exact) mass is 348 g/mol. The molecule has 0 aliphatic rings. The van der Waals surface area contributed by atoms with Gasteiger partial charge in [-0.2, -0.15) is 0 Å². The summed E-state index contributed by atoms with van der Waals surface area (Å²) in [5, 5.41) is 13.5. The number of halogens is 1. The molecule has 0 aliphatic heterocycles. The molecule has 0 heterocycles. The van der Waals surface area contributed by atoms with E-state index in [-0.39, 0.29) is 17.2 Å². The largest absolute Gasteiger partial charge is 0.348 e. The average molecular weight is 349 g/mol. The molecule has 0 unspecified atom stereocenters. The second-order valence-electron chi connectivity index (χ2n) is 4.53. The van der Waals surface area contributed by atoms with Crippen LogP contribution < -0.4 is 5.32 Å². The molecule has 0 aliphatic carbocycles. The van der Waals surface area contributed by atoms with Gasteiger partial charge in [-0.3, -0.25) is 14.9 Å². The van der Waals surface area contributed by atoms with Gasteiger partial charge in [-0.15, -0.1) is 0 Å². The summed E-state index contributed by atoms with van der Waals surface area (Å²) < 4.78 is 0.524. The molecule has 2 aromatic rings. The van der Waals surface area contributed by atoms with Crippen LogP contribution in [0.4, 0.5) is 5.69 Å². The van der Waals surface area contributed by atoms with Gasteiger partial charge in [-0.05, 0) is 40.0 Å². The highest BCUT2D eigenvalue weighted by Gasteiger charge is 2.15. The Hall–Kier alpha value is -2.21. The standard InChI is InChI=1S/C15H13BrN2O3/c1-10-4-2-3-5-11(10)9-17-15(19)13-8-12(18(20)21)6-7-14(13)16/h2-8H,9H2,1H3,(H,17,19). The molecule has 0 aromatic heterocycles. The van der Waals surface area contributed by atoms with Gasteiger partial charge >= 0.3 is 0 Å². The number of nitrogens with zero attached hydrogens (tertiary/aromatic N) is 1. The fraction of sp³-hybridized carbons (Fsp3) is 0.133. The summed E-state index contributed by atoms with van der Waals surface area (Å²) in [5.41, 5.74) is 2.22. The number of nitro groups is 1. The lowest BCUT2D eigenvalue weighted by atomic mass is 10.1. The average Bonchev–Trinajstić information content (AvgIpc) is 2.46. The van der Waals surface area contributed by atoms with Crippen molar-refractivity contribution in [2.75, 3.05) is 0 Å². The first-order chi connectivity index (χ1) is 9.99. The molecule has 21 heavy (non-hydrogen) atoms. The lowest BCUT2D eigenvalue weighted by Gasteiger charge is -2.09. The maximum atomic E-state index is 12.2. The molecular weight excluding hydrogens is 336 g/mol. The highest BCUT2D eigenvalue weighted by molar-refractivity contribution is 9.10. The Labute approximate surface area is 130 Å². The summed E-state index contributed by atoms with van der Waals surface area (Å²) in [6.45, 7) is 2.34. The molecule has 0 spiro atoms. The number of nitro benzene ring substituents is 1. The number of nitrogens with one attached hydrogen (secondary N) is 1. The van der Waals surface area contributed by atoms with Crippen LogP contribution in [0.3, 0.4) is 0 Å². The van der Waals surface area contributed by atoms with Crippen LogP contribution in [0.2, 0.25) is 0 Å². The van der Waals surface area contributed by atoms with E-state index in [0.29, 0.717) is 11.0 Å². The van der Waals surface area contributed by atoms with Crippen molar-refractivity contribution >= 4 is 27.5 Å². The van der Waals surface area contributed by atoms with Gasteiger partial charge in [-0.1, -0.05) is 24.3 Å². The van der Waals surface area contributed by atoms with Crippen molar-refractivity contribution in [3.63, 3.8) is 0 Å². The van der Waals surface area contributed by atoms with E-state index in [0.717, 1.165) is 11.1 Å². The first-order valence-electron chi connectivity index (χ1n) is 6.25. The van der Waals surface area contributed by atoms with Crippen LogP contribution >= 0.6 is 15.9 Å². The van der Waals surface area contributed by atoms with E-state index in [1.165, 1.54) is 18.2 Å². The van der Waals surface area contributed by atoms with Crippen molar-refractivity contribution in [1.29, 1.82) is 0 Å². The zero-order valence-corrected chi connectivity index (χ0v) is 12.9. The second-order valence-corrected chi connectivity index (χ2v) is 5.38. The number of hydrogen-bond acceptors (Lipinski definition) is 3. The molecule has 6 heteroatoms. The van der Waals surface area contributed by atoms with Crippen LogP contribution in [-0.4, -0.2) is 10.8 Å². The molecule has 0 fully saturated rings. The van der Waals surface area contributed by atoms with Crippen LogP contribution in [0.1, 0.15) is 21.5 Å². The van der Waals surface area contributed by atoms with Gasteiger partial charge in [0.1, 0.15) is 0 Å². The number of aryl methyl sites for hydroxylation is 1. The van der Waals surface area contributed by atoms with Crippen molar-refractivity contribution in [2.45, 2.75) is 13.5 Å². The van der Waals surface area contributed by atoms with Crippen molar-refractivity contribution in [1.82, 2.24) is 5.32 Å². The first-order valence-corrected chi connectivity index (χ1v) is 7.05. The van der Waals surface area contributed by atoms with E-state index >= 15 is 0 Å². The summed E-state index contributed by atoms with van der Waals surface area (Å²) in [5.74, 6) is -0.353. The van der Waals surface area contributed by atoms with Gasteiger partial charge in [0.15, 0.2) is 0 Å². The van der Waals surface area contributed by atoms with Crippen LogP contribution in [0.25, 0.3) is 0 Å². The van der Waals surface area contributed by atoms with Gasteiger partial charge in [0.25, 0.3) is 11.6 Å². The van der Waals surface area contributed by atoms with E-state index in [2.05, 4.69) is 21.2 Å². The van der Waals surface area contributed by atoms with Gasteiger partial charge in [-0.25, -0.2) is 0 Å². The van der Waals surface area contributed by atoms with Crippen LogP contribution in [-0.2, 0) is 6.54 Å². The fourth-order valence-corrected chi connectivity index (χ4v) is 2.31. The molecule has 2 rings (SSSR count). The Morgan fingerprint density at radius 1 is 1.29 bits per heavy atom. The number of carbonyl (C=O) groups excluding carboxylic acids is 1. The third-order valence-corrected chi connectivity index (χ3v) is 3.80. The molecule has 5 nitrogen and oxygen atoms in total. The molecule has 0 saturated carbocycles. The number of rotatable bonds is 4. The first kappa shape index (κ1) is 15.2. The van der Waals surface area contributed by atoms with Crippen LogP contribution in [0.15, 0.2) is 46.9 Å². The maximum absolute atomic E-state index is 12.2. The summed E-state index contributed by atoms with van der Waals surface area (Å²) in [7, 11) is 0. The molecule has 0 radical (unpaired) electrons. The second kappa shape index (κ2) is 6.49. The molecule has 0 atom stereocenters. The highest BCUT2D eigenvalue weighted by atomic mass is 79.9. The Balaban J connectivity index is 2.15. The quantitative estimate of drug-likeness (QED) is 0.677. The molecule has 108 valence electrons. The van der Waals surface area contributed by atoms with Crippen molar-refractivity contribution in [2.24, 2.45) is 0 Å². The summed E-state index contributed by atoms with van der Waals surface area (Å²) in [6, 6.07) is 11.8. The van der Waals surface area contributed by atoms with Gasteiger partial charge in [0.2, 0.25) is 0 Å². The lowest BCUT2D eigenvalue weighted by Crippen LogP contribution is -2.23. The van der Waals surface area contributed by atoms with Gasteiger partial charge in [0, 0.05) is 23.2 Å². The molecule has 1 amide bonds. The molecule has 1 N–H and O–H groups in total. The maximum Gasteiger partial charge on any atom is 0.270 e. The minimum Gasteiger partial charge on any atom is -0.348 e. The predicted molar refractivity (Wildman–Crippen MR) is 83.1 cm³/mol. The zero-order valence-electron chi connectivity index (χ0n) is 11.3. The molecule has 0 saturated heterocycles. The summed E-state index contributed by atoms with van der Waals surface area (Å²) in [4.78, 5) is 22.4. The minimum atomic E-state index is -0.523. The van der Waals surface area contributed by atoms with Crippen LogP contribution in [0.5, 0.6) is 0 Å². The third-order valence-electron chi connectivity index (χ3n) is 3.11. The lowest BCUT2D eigenvalue weighted by molar-refractivity contribution is -0.384. The summed E-state index contributed by atoms with van der Waals surface area (Å²) >= 11 is 3.24. The topological polar surface area (TPSA) is 72.2 Å². The predicted octanol–water partition coefficient (Wildman–Crippen LogP) is 3.60. The van der Waals surface area contributed by atoms with Crippen LogP contribution in [0, 0.1) is 17.0 Å². The van der Waals surface area contributed by atoms with E-state index in [4.69, 9.17) is 0 Å². The highest BCUT2D eigenvalue weighted by Crippen LogP contribution is 2.22. The van der Waals surface area contributed by atoms with Crippen molar-refractivity contribution in [3.8, 4) is 0 Å². The smallest absolute Gasteiger partial charge is 0.270 e. The fourth-order valence-electron chi connectivity index (χ4n) is 1.88. The minimum absolute atomic E-state index is 0.112. The molecule has 0 bridgehead atoms. The number of hydrogen-bond donors (Lipinski definition) is 1. The third kappa shape index (κ3) is 3.66. The number of carbonyl (C=O) groups is 1. The Bertz CT molecular complexity index is 701. The molecule has 2 aromatic carbocycles. The van der Waals surface area contributed by atoms with Crippen molar-refractivity contribution in [3.05, 3.63) is 73.7 Å². The Kier molecular flexibility index (Phi) is 4.70. The van der Waals surface area contributed by atoms with E-state index in [1.54, 1.807) is 0 Å². The number of non-ortho nitro benzene ring substituents is 1. The normalized spacial score (nSPS) is 10.2. The Morgan fingerprint density at radius 3 is 2.67 bits per heavy atom. The van der Waals surface area contributed by atoms with E-state index < -0.39 is 4.92 Å².